The number of rotatable bonds is 3. The Kier molecular flexibility index (Phi) is 4.46. The molecule has 5 heteroatoms. The van der Waals surface area contributed by atoms with Crippen molar-refractivity contribution in [2.75, 3.05) is 0 Å². The van der Waals surface area contributed by atoms with Crippen molar-refractivity contribution in [3.05, 3.63) is 62.9 Å². The van der Waals surface area contributed by atoms with Gasteiger partial charge < -0.3 is 5.73 Å². The van der Waals surface area contributed by atoms with Crippen LogP contribution < -0.4 is 5.73 Å². The van der Waals surface area contributed by atoms with Gasteiger partial charge in [-0.25, -0.2) is 0 Å². The highest BCUT2D eigenvalue weighted by molar-refractivity contribution is 6.34. The van der Waals surface area contributed by atoms with Crippen LogP contribution in [0.4, 0.5) is 0 Å². The lowest BCUT2D eigenvalue weighted by Crippen LogP contribution is -2.15. The molecule has 0 spiro atoms. The minimum Gasteiger partial charge on any atom is -0.322 e. The van der Waals surface area contributed by atoms with Crippen molar-refractivity contribution in [1.29, 1.82) is 0 Å². The molecule has 0 aliphatic heterocycles. The molecule has 0 aliphatic carbocycles. The molecular weight excluding hydrogens is 291 g/mol. The number of hydrogen-bond acceptors (Lipinski definition) is 2. The standard InChI is InChI=1S/C13H11Cl3N2/c14-9-3-1-8(2-4-9)5-12(17)13-11(16)6-10(15)7-18-13/h1-4,6-7,12H,5,17H2. The van der Waals surface area contributed by atoms with Gasteiger partial charge in [0.25, 0.3) is 0 Å². The molecule has 1 aromatic carbocycles. The molecule has 0 saturated carbocycles. The second kappa shape index (κ2) is 5.89. The summed E-state index contributed by atoms with van der Waals surface area (Å²) in [6, 6.07) is 8.92. The lowest BCUT2D eigenvalue weighted by atomic mass is 10.0. The van der Waals surface area contributed by atoms with Crippen LogP contribution in [-0.2, 0) is 6.42 Å². The van der Waals surface area contributed by atoms with E-state index < -0.39 is 0 Å². The van der Waals surface area contributed by atoms with Crippen LogP contribution in [-0.4, -0.2) is 4.98 Å². The van der Waals surface area contributed by atoms with Crippen molar-refractivity contribution >= 4 is 34.8 Å². The van der Waals surface area contributed by atoms with E-state index in [1.807, 2.05) is 24.3 Å². The lowest BCUT2D eigenvalue weighted by Gasteiger charge is -2.13. The number of hydrogen-bond donors (Lipinski definition) is 1. The SMILES string of the molecule is NC(Cc1ccc(Cl)cc1)c1ncc(Cl)cc1Cl. The van der Waals surface area contributed by atoms with Crippen molar-refractivity contribution < 1.29 is 0 Å². The molecule has 1 unspecified atom stereocenters. The van der Waals surface area contributed by atoms with E-state index in [-0.39, 0.29) is 6.04 Å². The highest BCUT2D eigenvalue weighted by Crippen LogP contribution is 2.25. The van der Waals surface area contributed by atoms with Crippen LogP contribution in [0, 0.1) is 0 Å². The zero-order valence-electron chi connectivity index (χ0n) is 9.41. The Hall–Kier alpha value is -0.800. The predicted molar refractivity (Wildman–Crippen MR) is 76.3 cm³/mol. The summed E-state index contributed by atoms with van der Waals surface area (Å²) in [5, 5.41) is 1.70. The highest BCUT2D eigenvalue weighted by Gasteiger charge is 2.13. The topological polar surface area (TPSA) is 38.9 Å². The average molecular weight is 302 g/mol. The third kappa shape index (κ3) is 3.36. The molecule has 0 fully saturated rings. The van der Waals surface area contributed by atoms with Gasteiger partial charge in [-0.3, -0.25) is 4.98 Å². The van der Waals surface area contributed by atoms with Gasteiger partial charge in [0.15, 0.2) is 0 Å². The summed E-state index contributed by atoms with van der Waals surface area (Å²) in [6.45, 7) is 0. The normalized spacial score (nSPS) is 12.4. The molecule has 1 atom stereocenters. The Morgan fingerprint density at radius 1 is 1.06 bits per heavy atom. The number of aromatic nitrogens is 1. The Balaban J connectivity index is 2.16. The summed E-state index contributed by atoms with van der Waals surface area (Å²) < 4.78 is 0. The first-order chi connectivity index (χ1) is 8.56. The van der Waals surface area contributed by atoms with Gasteiger partial charge in [0.1, 0.15) is 0 Å². The van der Waals surface area contributed by atoms with E-state index >= 15 is 0 Å². The first-order valence-corrected chi connectivity index (χ1v) is 6.50. The number of nitrogens with zero attached hydrogens (tertiary/aromatic N) is 1. The summed E-state index contributed by atoms with van der Waals surface area (Å²) in [7, 11) is 0. The monoisotopic (exact) mass is 300 g/mol. The number of pyridine rings is 1. The predicted octanol–water partition coefficient (Wildman–Crippen LogP) is 4.28. The molecule has 1 heterocycles. The van der Waals surface area contributed by atoms with Gasteiger partial charge in [-0.1, -0.05) is 46.9 Å². The van der Waals surface area contributed by atoms with E-state index in [0.717, 1.165) is 5.56 Å². The van der Waals surface area contributed by atoms with Crippen LogP contribution in [0.3, 0.4) is 0 Å². The number of benzene rings is 1. The second-order valence-electron chi connectivity index (χ2n) is 3.96. The van der Waals surface area contributed by atoms with Gasteiger partial charge in [-0.2, -0.15) is 0 Å². The molecular formula is C13H11Cl3N2. The summed E-state index contributed by atoms with van der Waals surface area (Å²) >= 11 is 17.7. The van der Waals surface area contributed by atoms with E-state index in [2.05, 4.69) is 4.98 Å². The highest BCUT2D eigenvalue weighted by atomic mass is 35.5. The third-order valence-corrected chi connectivity index (χ3v) is 3.32. The Morgan fingerprint density at radius 3 is 2.33 bits per heavy atom. The maximum atomic E-state index is 6.09. The van der Waals surface area contributed by atoms with E-state index in [1.54, 1.807) is 12.3 Å². The van der Waals surface area contributed by atoms with Crippen molar-refractivity contribution in [2.45, 2.75) is 12.5 Å². The molecule has 18 heavy (non-hydrogen) atoms. The molecule has 0 radical (unpaired) electrons. The molecule has 1 aromatic heterocycles. The fourth-order valence-electron chi connectivity index (χ4n) is 1.67. The van der Waals surface area contributed by atoms with E-state index in [0.29, 0.717) is 27.2 Å². The average Bonchev–Trinajstić information content (AvgIpc) is 2.32. The van der Waals surface area contributed by atoms with Gasteiger partial charge in [0.05, 0.1) is 21.8 Å². The van der Waals surface area contributed by atoms with Crippen molar-refractivity contribution in [1.82, 2.24) is 4.98 Å². The Labute approximate surface area is 121 Å². The summed E-state index contributed by atoms with van der Waals surface area (Å²) in [4.78, 5) is 4.18. The summed E-state index contributed by atoms with van der Waals surface area (Å²) in [6.07, 6.45) is 2.19. The number of nitrogens with two attached hydrogens (primary N) is 1. The molecule has 94 valence electrons. The van der Waals surface area contributed by atoms with E-state index in [9.17, 15) is 0 Å². The largest absolute Gasteiger partial charge is 0.322 e. The van der Waals surface area contributed by atoms with Crippen molar-refractivity contribution in [2.24, 2.45) is 5.73 Å². The molecule has 2 rings (SSSR count). The molecule has 0 aliphatic rings. The number of halogens is 3. The Bertz CT molecular complexity index is 540. The zero-order chi connectivity index (χ0) is 13.1. The molecule has 0 saturated heterocycles. The fraction of sp³-hybridized carbons (Fsp3) is 0.154. The van der Waals surface area contributed by atoms with Gasteiger partial charge in [-0.05, 0) is 30.2 Å². The van der Waals surface area contributed by atoms with Gasteiger partial charge in [-0.15, -0.1) is 0 Å². The summed E-state index contributed by atoms with van der Waals surface area (Å²) in [5.74, 6) is 0. The zero-order valence-corrected chi connectivity index (χ0v) is 11.7. The minimum absolute atomic E-state index is 0.268. The second-order valence-corrected chi connectivity index (χ2v) is 5.24. The van der Waals surface area contributed by atoms with E-state index in [1.165, 1.54) is 0 Å². The lowest BCUT2D eigenvalue weighted by molar-refractivity contribution is 0.697. The van der Waals surface area contributed by atoms with Gasteiger partial charge >= 0.3 is 0 Å². The quantitative estimate of drug-likeness (QED) is 0.918. The van der Waals surface area contributed by atoms with Gasteiger partial charge in [0.2, 0.25) is 0 Å². The maximum absolute atomic E-state index is 6.09. The maximum Gasteiger partial charge on any atom is 0.0761 e. The first kappa shape index (κ1) is 13.6. The van der Waals surface area contributed by atoms with Crippen molar-refractivity contribution in [3.63, 3.8) is 0 Å². The van der Waals surface area contributed by atoms with Crippen LogP contribution in [0.25, 0.3) is 0 Å². The van der Waals surface area contributed by atoms with Crippen LogP contribution in [0.15, 0.2) is 36.5 Å². The molecule has 0 bridgehead atoms. The van der Waals surface area contributed by atoms with Crippen LogP contribution in [0.5, 0.6) is 0 Å². The first-order valence-electron chi connectivity index (χ1n) is 5.37. The smallest absolute Gasteiger partial charge is 0.0761 e. The molecule has 2 aromatic rings. The molecule has 2 N–H and O–H groups in total. The van der Waals surface area contributed by atoms with Crippen LogP contribution in [0.1, 0.15) is 17.3 Å². The summed E-state index contributed by atoms with van der Waals surface area (Å²) in [5.41, 5.74) is 7.83. The van der Waals surface area contributed by atoms with Crippen LogP contribution >= 0.6 is 34.8 Å². The minimum atomic E-state index is -0.268. The van der Waals surface area contributed by atoms with Gasteiger partial charge in [0, 0.05) is 11.2 Å². The molecule has 0 amide bonds. The van der Waals surface area contributed by atoms with E-state index in [4.69, 9.17) is 40.5 Å². The Morgan fingerprint density at radius 2 is 1.72 bits per heavy atom. The van der Waals surface area contributed by atoms with Crippen molar-refractivity contribution in [3.8, 4) is 0 Å². The molecule has 2 nitrogen and oxygen atoms in total. The van der Waals surface area contributed by atoms with Crippen LogP contribution in [0.2, 0.25) is 15.1 Å². The third-order valence-electron chi connectivity index (χ3n) is 2.56. The fourth-order valence-corrected chi connectivity index (χ4v) is 2.32.